The molecular weight excluding hydrogens is 322 g/mol. The molecule has 24 heavy (non-hydrogen) atoms. The first-order valence-electron chi connectivity index (χ1n) is 7.61. The van der Waals surface area contributed by atoms with Crippen LogP contribution in [0, 0.1) is 0 Å². The Kier molecular flexibility index (Phi) is 6.26. The van der Waals surface area contributed by atoms with Crippen LogP contribution in [0.15, 0.2) is 53.4 Å². The van der Waals surface area contributed by atoms with Gasteiger partial charge in [-0.3, -0.25) is 4.79 Å². The van der Waals surface area contributed by atoms with Gasteiger partial charge in [-0.1, -0.05) is 12.1 Å². The van der Waals surface area contributed by atoms with Crippen molar-refractivity contribution in [3.63, 3.8) is 0 Å². The summed E-state index contributed by atoms with van der Waals surface area (Å²) in [5.41, 5.74) is 1.58. The molecule has 5 nitrogen and oxygen atoms in total. The van der Waals surface area contributed by atoms with E-state index in [9.17, 15) is 9.59 Å². The van der Waals surface area contributed by atoms with E-state index in [4.69, 9.17) is 0 Å². The fourth-order valence-corrected chi connectivity index (χ4v) is 2.49. The molecule has 3 amide bonds. The lowest BCUT2D eigenvalue weighted by atomic mass is 10.1. The minimum Gasteiger partial charge on any atom is -0.336 e. The van der Waals surface area contributed by atoms with E-state index >= 15 is 0 Å². The van der Waals surface area contributed by atoms with Crippen LogP contribution in [0.25, 0.3) is 0 Å². The van der Waals surface area contributed by atoms with Gasteiger partial charge in [-0.05, 0) is 56.5 Å². The molecule has 6 heteroatoms. The summed E-state index contributed by atoms with van der Waals surface area (Å²) in [6.45, 7) is 3.74. The Hall–Kier alpha value is -2.47. The van der Waals surface area contributed by atoms with Gasteiger partial charge in [0.05, 0.1) is 11.3 Å². The van der Waals surface area contributed by atoms with Gasteiger partial charge in [0.15, 0.2) is 0 Å². The van der Waals surface area contributed by atoms with Gasteiger partial charge in [-0.25, -0.2) is 4.79 Å². The maximum atomic E-state index is 12.5. The van der Waals surface area contributed by atoms with Gasteiger partial charge in [-0.2, -0.15) is 0 Å². The zero-order valence-electron chi connectivity index (χ0n) is 13.9. The molecule has 0 bridgehead atoms. The summed E-state index contributed by atoms with van der Waals surface area (Å²) in [7, 11) is 0. The molecule has 0 aliphatic heterocycles. The van der Waals surface area contributed by atoms with E-state index in [2.05, 4.69) is 16.0 Å². The number of para-hydroxylation sites is 1. The molecule has 0 radical (unpaired) electrons. The van der Waals surface area contributed by atoms with Gasteiger partial charge in [0.1, 0.15) is 0 Å². The molecular formula is C18H21N3O2S. The van der Waals surface area contributed by atoms with Crippen molar-refractivity contribution in [3.8, 4) is 0 Å². The SMILES string of the molecule is CSc1ccc(NC(=O)c2ccccc2NC(=O)NC(C)C)cc1. The highest BCUT2D eigenvalue weighted by Gasteiger charge is 2.13. The number of thioether (sulfide) groups is 1. The molecule has 0 atom stereocenters. The Morgan fingerprint density at radius 3 is 2.25 bits per heavy atom. The minimum atomic E-state index is -0.338. The van der Waals surface area contributed by atoms with Gasteiger partial charge in [-0.15, -0.1) is 11.8 Å². The van der Waals surface area contributed by atoms with Crippen LogP contribution in [0.3, 0.4) is 0 Å². The van der Waals surface area contributed by atoms with Crippen LogP contribution in [0.2, 0.25) is 0 Å². The van der Waals surface area contributed by atoms with Crippen LogP contribution in [0.4, 0.5) is 16.2 Å². The molecule has 0 aromatic heterocycles. The van der Waals surface area contributed by atoms with Crippen molar-refractivity contribution < 1.29 is 9.59 Å². The van der Waals surface area contributed by atoms with E-state index < -0.39 is 0 Å². The lowest BCUT2D eigenvalue weighted by molar-refractivity contribution is 0.102. The first kappa shape index (κ1) is 17.9. The van der Waals surface area contributed by atoms with Crippen molar-refractivity contribution in [2.24, 2.45) is 0 Å². The summed E-state index contributed by atoms with van der Waals surface area (Å²) < 4.78 is 0. The Labute approximate surface area is 146 Å². The number of carbonyl (C=O) groups excluding carboxylic acids is 2. The summed E-state index contributed by atoms with van der Waals surface area (Å²) in [6.07, 6.45) is 2.00. The number of rotatable bonds is 5. The summed E-state index contributed by atoms with van der Waals surface area (Å²) in [4.78, 5) is 25.5. The molecule has 0 unspecified atom stereocenters. The van der Waals surface area contributed by atoms with Crippen LogP contribution in [0.5, 0.6) is 0 Å². The second kappa shape index (κ2) is 8.40. The van der Waals surface area contributed by atoms with Crippen LogP contribution >= 0.6 is 11.8 Å². The number of hydrogen-bond acceptors (Lipinski definition) is 3. The summed E-state index contributed by atoms with van der Waals surface area (Å²) in [6, 6.07) is 14.2. The van der Waals surface area contributed by atoms with Crippen LogP contribution < -0.4 is 16.0 Å². The zero-order valence-corrected chi connectivity index (χ0v) is 14.7. The number of hydrogen-bond donors (Lipinski definition) is 3. The molecule has 3 N–H and O–H groups in total. The molecule has 2 rings (SSSR count). The average molecular weight is 343 g/mol. The molecule has 0 aliphatic carbocycles. The highest BCUT2D eigenvalue weighted by atomic mass is 32.2. The topological polar surface area (TPSA) is 70.2 Å². The summed E-state index contributed by atoms with van der Waals surface area (Å²) in [5.74, 6) is -0.271. The predicted octanol–water partition coefficient (Wildman–Crippen LogP) is 4.19. The van der Waals surface area contributed by atoms with E-state index in [0.29, 0.717) is 16.9 Å². The van der Waals surface area contributed by atoms with E-state index in [1.807, 2.05) is 44.4 Å². The Morgan fingerprint density at radius 1 is 0.958 bits per heavy atom. The Balaban J connectivity index is 2.12. The molecule has 0 spiro atoms. The van der Waals surface area contributed by atoms with E-state index in [1.165, 1.54) is 0 Å². The maximum Gasteiger partial charge on any atom is 0.319 e. The lowest BCUT2D eigenvalue weighted by Gasteiger charge is -2.13. The highest BCUT2D eigenvalue weighted by Crippen LogP contribution is 2.20. The van der Waals surface area contributed by atoms with Crippen molar-refractivity contribution in [2.75, 3.05) is 16.9 Å². The third-order valence-corrected chi connectivity index (χ3v) is 3.93. The van der Waals surface area contributed by atoms with E-state index in [1.54, 1.807) is 36.0 Å². The van der Waals surface area contributed by atoms with Crippen molar-refractivity contribution in [1.82, 2.24) is 5.32 Å². The van der Waals surface area contributed by atoms with Crippen LogP contribution in [0.1, 0.15) is 24.2 Å². The number of carbonyl (C=O) groups is 2. The molecule has 0 fully saturated rings. The van der Waals surface area contributed by atoms with Gasteiger partial charge in [0.25, 0.3) is 5.91 Å². The second-order valence-electron chi connectivity index (χ2n) is 5.48. The largest absolute Gasteiger partial charge is 0.336 e. The van der Waals surface area contributed by atoms with Gasteiger partial charge < -0.3 is 16.0 Å². The highest BCUT2D eigenvalue weighted by molar-refractivity contribution is 7.98. The number of nitrogens with one attached hydrogen (secondary N) is 3. The van der Waals surface area contributed by atoms with E-state index in [-0.39, 0.29) is 18.0 Å². The van der Waals surface area contributed by atoms with Crippen LogP contribution in [-0.4, -0.2) is 24.2 Å². The third kappa shape index (κ3) is 5.03. The summed E-state index contributed by atoms with van der Waals surface area (Å²) >= 11 is 1.64. The van der Waals surface area contributed by atoms with Crippen molar-refractivity contribution in [1.29, 1.82) is 0 Å². The maximum absolute atomic E-state index is 12.5. The zero-order chi connectivity index (χ0) is 17.5. The fraction of sp³-hybridized carbons (Fsp3) is 0.222. The fourth-order valence-electron chi connectivity index (χ4n) is 2.08. The number of benzene rings is 2. The first-order chi connectivity index (χ1) is 11.5. The summed E-state index contributed by atoms with van der Waals surface area (Å²) in [5, 5.41) is 8.29. The predicted molar refractivity (Wildman–Crippen MR) is 99.9 cm³/mol. The Bertz CT molecular complexity index is 714. The third-order valence-electron chi connectivity index (χ3n) is 3.19. The quantitative estimate of drug-likeness (QED) is 0.713. The lowest BCUT2D eigenvalue weighted by Crippen LogP contribution is -2.34. The average Bonchev–Trinajstić information content (AvgIpc) is 2.55. The number of urea groups is 1. The Morgan fingerprint density at radius 2 is 1.62 bits per heavy atom. The molecule has 2 aromatic carbocycles. The second-order valence-corrected chi connectivity index (χ2v) is 6.36. The smallest absolute Gasteiger partial charge is 0.319 e. The van der Waals surface area contributed by atoms with Crippen molar-refractivity contribution in [3.05, 3.63) is 54.1 Å². The van der Waals surface area contributed by atoms with Gasteiger partial charge in [0, 0.05) is 16.6 Å². The van der Waals surface area contributed by atoms with Gasteiger partial charge in [0.2, 0.25) is 0 Å². The molecule has 0 heterocycles. The molecule has 0 saturated carbocycles. The normalized spacial score (nSPS) is 10.3. The van der Waals surface area contributed by atoms with Crippen molar-refractivity contribution in [2.45, 2.75) is 24.8 Å². The number of amides is 3. The molecule has 0 saturated heterocycles. The first-order valence-corrected chi connectivity index (χ1v) is 8.84. The van der Waals surface area contributed by atoms with E-state index in [0.717, 1.165) is 4.90 Å². The number of anilines is 2. The minimum absolute atomic E-state index is 0.0148. The molecule has 126 valence electrons. The monoisotopic (exact) mass is 343 g/mol. The molecule has 0 aliphatic rings. The van der Waals surface area contributed by atoms with Crippen LogP contribution in [-0.2, 0) is 0 Å². The van der Waals surface area contributed by atoms with Gasteiger partial charge >= 0.3 is 6.03 Å². The molecule has 2 aromatic rings. The van der Waals surface area contributed by atoms with Crippen molar-refractivity contribution >= 4 is 35.1 Å². The standard InChI is InChI=1S/C18H21N3O2S/c1-12(2)19-18(23)21-16-7-5-4-6-15(16)17(22)20-13-8-10-14(24-3)11-9-13/h4-12H,1-3H3,(H,20,22)(H2,19,21,23).